The Labute approximate surface area is 87.2 Å². The minimum Gasteiger partial charge on any atom is -0.388 e. The van der Waals surface area contributed by atoms with Gasteiger partial charge >= 0.3 is 0 Å². The standard InChI is InChI=1S/C13H22O/c1-10(11-8-9-11)13(14)12-6-4-2-3-5-7-12/h6,10-11,13-14H,2-5,7-9H2,1H3. The zero-order valence-electron chi connectivity index (χ0n) is 9.21. The van der Waals surface area contributed by atoms with E-state index in [1.54, 1.807) is 0 Å². The van der Waals surface area contributed by atoms with E-state index in [2.05, 4.69) is 13.0 Å². The number of aliphatic hydroxyl groups is 1. The molecule has 0 heterocycles. The Morgan fingerprint density at radius 2 is 2.07 bits per heavy atom. The van der Waals surface area contributed by atoms with Crippen LogP contribution in [0.3, 0.4) is 0 Å². The summed E-state index contributed by atoms with van der Waals surface area (Å²) >= 11 is 0. The highest BCUT2D eigenvalue weighted by molar-refractivity contribution is 5.11. The van der Waals surface area contributed by atoms with Crippen LogP contribution in [0.5, 0.6) is 0 Å². The van der Waals surface area contributed by atoms with E-state index in [0.717, 1.165) is 12.3 Å². The molecule has 1 nitrogen and oxygen atoms in total. The van der Waals surface area contributed by atoms with Gasteiger partial charge in [-0.3, -0.25) is 0 Å². The van der Waals surface area contributed by atoms with Crippen LogP contribution >= 0.6 is 0 Å². The fourth-order valence-corrected chi connectivity index (χ4v) is 2.53. The number of rotatable bonds is 3. The van der Waals surface area contributed by atoms with Gasteiger partial charge in [-0.15, -0.1) is 0 Å². The van der Waals surface area contributed by atoms with Gasteiger partial charge in [-0.05, 0) is 55.9 Å². The molecule has 0 aliphatic heterocycles. The van der Waals surface area contributed by atoms with Crippen LogP contribution in [0.2, 0.25) is 0 Å². The minimum absolute atomic E-state index is 0.138. The van der Waals surface area contributed by atoms with Gasteiger partial charge in [0, 0.05) is 0 Å². The lowest BCUT2D eigenvalue weighted by atomic mass is 9.91. The largest absolute Gasteiger partial charge is 0.388 e. The minimum atomic E-state index is -0.138. The first kappa shape index (κ1) is 10.2. The zero-order chi connectivity index (χ0) is 9.97. The average molecular weight is 194 g/mol. The molecule has 0 aromatic rings. The lowest BCUT2D eigenvalue weighted by molar-refractivity contribution is 0.134. The van der Waals surface area contributed by atoms with Gasteiger partial charge in [0.25, 0.3) is 0 Å². The van der Waals surface area contributed by atoms with E-state index in [4.69, 9.17) is 0 Å². The van der Waals surface area contributed by atoms with Crippen molar-refractivity contribution >= 4 is 0 Å². The summed E-state index contributed by atoms with van der Waals surface area (Å²) in [6.45, 7) is 2.22. The topological polar surface area (TPSA) is 20.2 Å². The van der Waals surface area contributed by atoms with Gasteiger partial charge in [0.1, 0.15) is 0 Å². The molecule has 0 spiro atoms. The molecule has 14 heavy (non-hydrogen) atoms. The van der Waals surface area contributed by atoms with E-state index >= 15 is 0 Å². The van der Waals surface area contributed by atoms with Gasteiger partial charge in [-0.25, -0.2) is 0 Å². The van der Waals surface area contributed by atoms with Crippen molar-refractivity contribution in [2.75, 3.05) is 0 Å². The molecule has 1 saturated carbocycles. The van der Waals surface area contributed by atoms with Gasteiger partial charge in [-0.1, -0.05) is 19.4 Å². The Morgan fingerprint density at radius 3 is 2.79 bits per heavy atom. The van der Waals surface area contributed by atoms with Crippen LogP contribution in [0.4, 0.5) is 0 Å². The average Bonchev–Trinajstić information content (AvgIpc) is 3.02. The summed E-state index contributed by atoms with van der Waals surface area (Å²) in [4.78, 5) is 0. The van der Waals surface area contributed by atoms with Crippen LogP contribution in [-0.2, 0) is 0 Å². The second-order valence-corrected chi connectivity index (χ2v) is 5.02. The quantitative estimate of drug-likeness (QED) is 0.684. The summed E-state index contributed by atoms with van der Waals surface area (Å²) < 4.78 is 0. The monoisotopic (exact) mass is 194 g/mol. The van der Waals surface area contributed by atoms with Crippen LogP contribution in [0.15, 0.2) is 11.6 Å². The van der Waals surface area contributed by atoms with Crippen LogP contribution < -0.4 is 0 Å². The molecule has 0 saturated heterocycles. The Kier molecular flexibility index (Phi) is 3.27. The highest BCUT2D eigenvalue weighted by Crippen LogP contribution is 2.40. The number of hydrogen-bond acceptors (Lipinski definition) is 1. The van der Waals surface area contributed by atoms with Gasteiger partial charge < -0.3 is 5.11 Å². The number of aliphatic hydroxyl groups excluding tert-OH is 1. The first-order valence-electron chi connectivity index (χ1n) is 6.16. The molecule has 1 N–H and O–H groups in total. The smallest absolute Gasteiger partial charge is 0.0778 e. The van der Waals surface area contributed by atoms with Crippen LogP contribution in [-0.4, -0.2) is 11.2 Å². The highest BCUT2D eigenvalue weighted by Gasteiger charge is 2.33. The Balaban J connectivity index is 1.93. The predicted octanol–water partition coefficient (Wildman–Crippen LogP) is 3.28. The van der Waals surface area contributed by atoms with E-state index in [0.29, 0.717) is 5.92 Å². The third-order valence-corrected chi connectivity index (χ3v) is 3.82. The van der Waals surface area contributed by atoms with E-state index in [1.807, 2.05) is 0 Å². The molecule has 0 bridgehead atoms. The van der Waals surface area contributed by atoms with Crippen molar-refractivity contribution < 1.29 is 5.11 Å². The molecule has 80 valence electrons. The number of allylic oxidation sites excluding steroid dienone is 1. The molecular formula is C13H22O. The molecular weight excluding hydrogens is 172 g/mol. The van der Waals surface area contributed by atoms with E-state index in [1.165, 1.54) is 44.1 Å². The molecule has 0 aromatic heterocycles. The van der Waals surface area contributed by atoms with Crippen molar-refractivity contribution in [3.63, 3.8) is 0 Å². The summed E-state index contributed by atoms with van der Waals surface area (Å²) in [5.74, 6) is 1.31. The van der Waals surface area contributed by atoms with Crippen molar-refractivity contribution in [1.29, 1.82) is 0 Å². The highest BCUT2D eigenvalue weighted by atomic mass is 16.3. The second-order valence-electron chi connectivity index (χ2n) is 5.02. The van der Waals surface area contributed by atoms with E-state index < -0.39 is 0 Å². The Morgan fingerprint density at radius 1 is 1.29 bits per heavy atom. The lowest BCUT2D eigenvalue weighted by Crippen LogP contribution is -2.21. The van der Waals surface area contributed by atoms with E-state index in [9.17, 15) is 5.11 Å². The molecule has 1 fully saturated rings. The molecule has 0 radical (unpaired) electrons. The normalized spacial score (nSPS) is 27.7. The third-order valence-electron chi connectivity index (χ3n) is 3.82. The van der Waals surface area contributed by atoms with Crippen LogP contribution in [0, 0.1) is 11.8 Å². The van der Waals surface area contributed by atoms with Crippen LogP contribution in [0.25, 0.3) is 0 Å². The first-order chi connectivity index (χ1) is 6.79. The summed E-state index contributed by atoms with van der Waals surface area (Å²) in [7, 11) is 0. The molecule has 0 amide bonds. The van der Waals surface area contributed by atoms with Crippen molar-refractivity contribution in [2.45, 2.75) is 58.0 Å². The Hall–Kier alpha value is -0.300. The fraction of sp³-hybridized carbons (Fsp3) is 0.846. The summed E-state index contributed by atoms with van der Waals surface area (Å²) in [5.41, 5.74) is 1.34. The van der Waals surface area contributed by atoms with Gasteiger partial charge in [0.05, 0.1) is 6.10 Å². The molecule has 2 aliphatic rings. The molecule has 0 aromatic carbocycles. The Bertz CT molecular complexity index is 215. The maximum Gasteiger partial charge on any atom is 0.0778 e. The van der Waals surface area contributed by atoms with Gasteiger partial charge in [0.15, 0.2) is 0 Å². The van der Waals surface area contributed by atoms with Gasteiger partial charge in [-0.2, -0.15) is 0 Å². The maximum atomic E-state index is 10.2. The third kappa shape index (κ3) is 2.38. The second kappa shape index (κ2) is 4.48. The van der Waals surface area contributed by atoms with Crippen molar-refractivity contribution in [1.82, 2.24) is 0 Å². The molecule has 2 atom stereocenters. The van der Waals surface area contributed by atoms with Gasteiger partial charge in [0.2, 0.25) is 0 Å². The summed E-state index contributed by atoms with van der Waals surface area (Å²) in [5, 5.41) is 10.2. The van der Waals surface area contributed by atoms with E-state index in [-0.39, 0.29) is 6.10 Å². The van der Waals surface area contributed by atoms with Crippen LogP contribution in [0.1, 0.15) is 51.9 Å². The fourth-order valence-electron chi connectivity index (χ4n) is 2.53. The zero-order valence-corrected chi connectivity index (χ0v) is 9.21. The first-order valence-corrected chi connectivity index (χ1v) is 6.16. The maximum absolute atomic E-state index is 10.2. The molecule has 1 heteroatoms. The molecule has 2 rings (SSSR count). The SMILES string of the molecule is CC(C1CC1)C(O)C1=CCCCCC1. The number of hydrogen-bond donors (Lipinski definition) is 1. The predicted molar refractivity (Wildman–Crippen MR) is 59.1 cm³/mol. The lowest BCUT2D eigenvalue weighted by Gasteiger charge is -2.21. The van der Waals surface area contributed by atoms with Crippen molar-refractivity contribution in [3.8, 4) is 0 Å². The van der Waals surface area contributed by atoms with Crippen molar-refractivity contribution in [2.24, 2.45) is 11.8 Å². The van der Waals surface area contributed by atoms with Crippen molar-refractivity contribution in [3.05, 3.63) is 11.6 Å². The molecule has 2 aliphatic carbocycles. The summed E-state index contributed by atoms with van der Waals surface area (Å²) in [6, 6.07) is 0. The molecule has 2 unspecified atom stereocenters. The summed E-state index contributed by atoms with van der Waals surface area (Å²) in [6.07, 6.45) is 11.1.